The second-order valence-corrected chi connectivity index (χ2v) is 8.50. The molecule has 4 heterocycles. The lowest BCUT2D eigenvalue weighted by molar-refractivity contribution is 0.254. The average Bonchev–Trinajstić information content (AvgIpc) is 3.49. The van der Waals surface area contributed by atoms with Gasteiger partial charge in [-0.05, 0) is 43.3 Å². The van der Waals surface area contributed by atoms with E-state index in [1.54, 1.807) is 24.1 Å². The topological polar surface area (TPSA) is 67.0 Å². The van der Waals surface area contributed by atoms with E-state index in [2.05, 4.69) is 15.2 Å². The molecule has 35 heavy (non-hydrogen) atoms. The summed E-state index contributed by atoms with van der Waals surface area (Å²) in [5, 5.41) is 8.80. The van der Waals surface area contributed by atoms with E-state index in [9.17, 15) is 8.78 Å². The molecule has 1 aromatic heterocycles. The highest BCUT2D eigenvalue weighted by Gasteiger charge is 2.29. The molecule has 6 rings (SSSR count). The Hall–Kier alpha value is -4.27. The lowest BCUT2D eigenvalue weighted by Crippen LogP contribution is -2.22. The van der Waals surface area contributed by atoms with E-state index in [0.717, 1.165) is 16.9 Å². The van der Waals surface area contributed by atoms with Crippen LogP contribution in [-0.2, 0) is 0 Å². The van der Waals surface area contributed by atoms with Gasteiger partial charge in [-0.1, -0.05) is 6.07 Å². The van der Waals surface area contributed by atoms with Crippen LogP contribution in [0.4, 0.5) is 8.78 Å². The van der Waals surface area contributed by atoms with Crippen molar-refractivity contribution in [1.29, 1.82) is 0 Å². The Labute approximate surface area is 199 Å². The summed E-state index contributed by atoms with van der Waals surface area (Å²) >= 11 is 0. The molecule has 3 aromatic rings. The Bertz CT molecular complexity index is 1530. The van der Waals surface area contributed by atoms with Crippen molar-refractivity contribution in [3.8, 4) is 39.8 Å². The molecule has 0 amide bonds. The number of halogens is 2. The fraction of sp³-hybridized carbons (Fsp3) is 0.192. The van der Waals surface area contributed by atoms with E-state index < -0.39 is 5.82 Å². The third-order valence-corrected chi connectivity index (χ3v) is 6.29. The Kier molecular flexibility index (Phi) is 4.98. The van der Waals surface area contributed by atoms with Crippen LogP contribution in [0, 0.1) is 18.6 Å². The highest BCUT2D eigenvalue weighted by Crippen LogP contribution is 2.41. The zero-order chi connectivity index (χ0) is 24.1. The average molecular weight is 473 g/mol. The summed E-state index contributed by atoms with van der Waals surface area (Å²) in [6.45, 7) is 2.35. The van der Waals surface area contributed by atoms with Crippen molar-refractivity contribution in [3.05, 3.63) is 84.1 Å². The lowest BCUT2D eigenvalue weighted by atomic mass is 9.98. The minimum atomic E-state index is -0.435. The first-order valence-electron chi connectivity index (χ1n) is 11.2. The molecular formula is C26H21F2N5O2. The number of hydrogen-bond acceptors (Lipinski definition) is 5. The molecule has 0 aliphatic carbocycles. The molecule has 0 saturated carbocycles. The molecule has 3 aliphatic rings. The number of benzene rings is 2. The standard InChI is InChI=1S/C26H21F2N5O2/c1-15-12-32(14-29-15)22-5-3-16(9-24(22)34-2)25-20-11-18(28)13-33(26(20)31-30-25)21-7-8-35-23-6-4-17(27)10-19(21)23/h3-6,9-14,21H,7-8H2,1-2H3. The number of imidazole rings is 1. The summed E-state index contributed by atoms with van der Waals surface area (Å²) in [5.41, 5.74) is 4.19. The minimum Gasteiger partial charge on any atom is -0.495 e. The third-order valence-electron chi connectivity index (χ3n) is 6.29. The molecule has 0 saturated heterocycles. The first-order valence-corrected chi connectivity index (χ1v) is 11.2. The molecule has 3 aliphatic heterocycles. The zero-order valence-corrected chi connectivity index (χ0v) is 19.1. The zero-order valence-electron chi connectivity index (χ0n) is 19.1. The molecule has 0 N–H and O–H groups in total. The number of methoxy groups -OCH3 is 1. The van der Waals surface area contributed by atoms with Crippen molar-refractivity contribution in [3.63, 3.8) is 0 Å². The lowest BCUT2D eigenvalue weighted by Gasteiger charge is -2.29. The van der Waals surface area contributed by atoms with Crippen LogP contribution in [0.15, 0.2) is 61.2 Å². The first-order chi connectivity index (χ1) is 17.0. The van der Waals surface area contributed by atoms with Crippen LogP contribution in [0.25, 0.3) is 28.3 Å². The summed E-state index contributed by atoms with van der Waals surface area (Å²) in [4.78, 5) is 4.28. The van der Waals surface area contributed by atoms with Gasteiger partial charge in [-0.15, -0.1) is 10.2 Å². The molecule has 9 heteroatoms. The van der Waals surface area contributed by atoms with Crippen molar-refractivity contribution in [2.75, 3.05) is 13.7 Å². The van der Waals surface area contributed by atoms with Gasteiger partial charge in [0.05, 0.1) is 43.0 Å². The van der Waals surface area contributed by atoms with E-state index in [0.29, 0.717) is 47.2 Å². The van der Waals surface area contributed by atoms with E-state index >= 15 is 0 Å². The monoisotopic (exact) mass is 473 g/mol. The van der Waals surface area contributed by atoms with E-state index in [-0.39, 0.29) is 11.9 Å². The van der Waals surface area contributed by atoms with Crippen molar-refractivity contribution >= 4 is 0 Å². The second kappa shape index (κ2) is 8.19. The van der Waals surface area contributed by atoms with Gasteiger partial charge in [0.25, 0.3) is 0 Å². The number of nitrogens with zero attached hydrogens (tertiary/aromatic N) is 5. The Balaban J connectivity index is 1.44. The Morgan fingerprint density at radius 2 is 1.91 bits per heavy atom. The second-order valence-electron chi connectivity index (χ2n) is 8.50. The van der Waals surface area contributed by atoms with Gasteiger partial charge in [0.1, 0.15) is 28.8 Å². The number of ether oxygens (including phenoxy) is 2. The van der Waals surface area contributed by atoms with Gasteiger partial charge in [-0.25, -0.2) is 13.8 Å². The number of rotatable bonds is 4. The van der Waals surface area contributed by atoms with Crippen LogP contribution < -0.4 is 9.47 Å². The number of pyridine rings is 1. The summed E-state index contributed by atoms with van der Waals surface area (Å²) in [5.74, 6) is 0.908. The molecule has 0 radical (unpaired) electrons. The van der Waals surface area contributed by atoms with Crippen LogP contribution in [0.3, 0.4) is 0 Å². The predicted molar refractivity (Wildman–Crippen MR) is 125 cm³/mol. The molecule has 0 bridgehead atoms. The highest BCUT2D eigenvalue weighted by molar-refractivity contribution is 5.80. The maximum atomic E-state index is 14.9. The molecule has 0 fully saturated rings. The summed E-state index contributed by atoms with van der Waals surface area (Å²) in [7, 11) is 1.59. The number of aromatic nitrogens is 5. The first kappa shape index (κ1) is 21.3. The fourth-order valence-corrected chi connectivity index (χ4v) is 4.68. The Morgan fingerprint density at radius 1 is 1.03 bits per heavy atom. The molecule has 0 spiro atoms. The largest absolute Gasteiger partial charge is 0.495 e. The predicted octanol–water partition coefficient (Wildman–Crippen LogP) is 5.20. The minimum absolute atomic E-state index is 0.335. The van der Waals surface area contributed by atoms with Crippen molar-refractivity contribution in [2.45, 2.75) is 19.4 Å². The summed E-state index contributed by atoms with van der Waals surface area (Å²) in [6.07, 6.45) is 5.56. The Morgan fingerprint density at radius 3 is 2.71 bits per heavy atom. The number of aryl methyl sites for hydroxylation is 1. The number of hydrogen-bond donors (Lipinski definition) is 0. The van der Waals surface area contributed by atoms with E-state index in [1.165, 1.54) is 24.4 Å². The van der Waals surface area contributed by atoms with Gasteiger partial charge in [0, 0.05) is 29.9 Å². The normalized spacial score (nSPS) is 15.1. The van der Waals surface area contributed by atoms with Gasteiger partial charge >= 0.3 is 0 Å². The van der Waals surface area contributed by atoms with Crippen molar-refractivity contribution in [1.82, 2.24) is 24.3 Å². The van der Waals surface area contributed by atoms with E-state index in [4.69, 9.17) is 9.47 Å². The quantitative estimate of drug-likeness (QED) is 0.359. The van der Waals surface area contributed by atoms with Crippen LogP contribution >= 0.6 is 0 Å². The van der Waals surface area contributed by atoms with Crippen molar-refractivity contribution in [2.24, 2.45) is 0 Å². The maximum absolute atomic E-state index is 14.9. The molecule has 1 atom stereocenters. The molecule has 1 unspecified atom stereocenters. The molecule has 176 valence electrons. The van der Waals surface area contributed by atoms with E-state index in [1.807, 2.05) is 35.9 Å². The third kappa shape index (κ3) is 3.60. The summed E-state index contributed by atoms with van der Waals surface area (Å²) in [6, 6.07) is 11.1. The maximum Gasteiger partial charge on any atom is 0.165 e. The van der Waals surface area contributed by atoms with Gasteiger partial charge in [0.15, 0.2) is 5.82 Å². The van der Waals surface area contributed by atoms with Crippen LogP contribution in [0.1, 0.15) is 23.7 Å². The van der Waals surface area contributed by atoms with Gasteiger partial charge < -0.3 is 18.6 Å². The summed E-state index contributed by atoms with van der Waals surface area (Å²) < 4.78 is 43.9. The molecule has 7 nitrogen and oxygen atoms in total. The van der Waals surface area contributed by atoms with Crippen LogP contribution in [0.2, 0.25) is 0 Å². The SMILES string of the molecule is COc1cc(-c2nnc3n(C4CCOc5ccc(F)cc54)cc(F)cc2-3)ccc1-n1cnc(C)c1. The van der Waals surface area contributed by atoms with Crippen molar-refractivity contribution < 1.29 is 18.3 Å². The van der Waals surface area contributed by atoms with Crippen LogP contribution in [0.5, 0.6) is 11.5 Å². The van der Waals surface area contributed by atoms with Gasteiger partial charge in [0.2, 0.25) is 0 Å². The molecule has 2 aromatic carbocycles. The fourth-order valence-electron chi connectivity index (χ4n) is 4.68. The highest BCUT2D eigenvalue weighted by atomic mass is 19.1. The van der Waals surface area contributed by atoms with Crippen LogP contribution in [-0.4, -0.2) is 38.0 Å². The van der Waals surface area contributed by atoms with Gasteiger partial charge in [-0.3, -0.25) is 0 Å². The van der Waals surface area contributed by atoms with Gasteiger partial charge in [-0.2, -0.15) is 0 Å². The molecular weight excluding hydrogens is 452 g/mol. The number of fused-ring (bicyclic) bond motifs is 2. The smallest absolute Gasteiger partial charge is 0.165 e.